The highest BCUT2D eigenvalue weighted by molar-refractivity contribution is 9.10. The molecule has 1 heterocycles. The van der Waals surface area contributed by atoms with Crippen LogP contribution in [0.25, 0.3) is 0 Å². The summed E-state index contributed by atoms with van der Waals surface area (Å²) in [5, 5.41) is 7.21. The molecule has 0 saturated heterocycles. The second kappa shape index (κ2) is 6.96. The van der Waals surface area contributed by atoms with Gasteiger partial charge >= 0.3 is 0 Å². The molecule has 3 rings (SSSR count). The van der Waals surface area contributed by atoms with Gasteiger partial charge in [0.15, 0.2) is 6.61 Å². The Hall–Kier alpha value is -1.82. The largest absolute Gasteiger partial charge is 0.484 e. The molecule has 2 aromatic rings. The Bertz CT molecular complexity index is 650. The molecule has 6 heteroatoms. The molecule has 1 aromatic heterocycles. The van der Waals surface area contributed by atoms with E-state index in [9.17, 15) is 4.79 Å². The maximum absolute atomic E-state index is 12.0. The number of rotatable bonds is 5. The number of nitrogens with one attached hydrogen (secondary N) is 1. The van der Waals surface area contributed by atoms with Crippen LogP contribution in [0.4, 0.5) is 5.82 Å². The highest BCUT2D eigenvalue weighted by atomic mass is 79.9. The molecule has 1 fully saturated rings. The normalized spacial score (nSPS) is 15.0. The first kappa shape index (κ1) is 15.1. The van der Waals surface area contributed by atoms with E-state index in [2.05, 4.69) is 26.3 Å². The van der Waals surface area contributed by atoms with Crippen molar-refractivity contribution in [3.63, 3.8) is 0 Å². The van der Waals surface area contributed by atoms with Gasteiger partial charge in [-0.15, -0.1) is 0 Å². The minimum absolute atomic E-state index is 0.0215. The Balaban J connectivity index is 1.57. The van der Waals surface area contributed by atoms with Gasteiger partial charge in [-0.1, -0.05) is 34.8 Å². The van der Waals surface area contributed by atoms with Crippen molar-refractivity contribution in [2.75, 3.05) is 11.9 Å². The summed E-state index contributed by atoms with van der Waals surface area (Å²) in [4.78, 5) is 12.0. The van der Waals surface area contributed by atoms with Gasteiger partial charge in [0.1, 0.15) is 11.6 Å². The molecule has 0 unspecified atom stereocenters. The lowest BCUT2D eigenvalue weighted by atomic mass is 10.2. The first-order chi connectivity index (χ1) is 10.7. The number of ether oxygens (including phenoxy) is 1. The number of halogens is 1. The summed E-state index contributed by atoms with van der Waals surface area (Å²) in [6, 6.07) is 9.66. The molecule has 0 spiro atoms. The van der Waals surface area contributed by atoms with Crippen LogP contribution < -0.4 is 10.1 Å². The van der Waals surface area contributed by atoms with Crippen LogP contribution >= 0.6 is 15.9 Å². The average Bonchev–Trinajstić information content (AvgIpc) is 3.16. The molecule has 0 radical (unpaired) electrons. The Morgan fingerprint density at radius 3 is 2.95 bits per heavy atom. The SMILES string of the molecule is O=C(COc1cccc(Br)c1)Nc1ccnn1C1CCCC1. The molecular formula is C16H18BrN3O2. The monoisotopic (exact) mass is 363 g/mol. The van der Waals surface area contributed by atoms with Crippen molar-refractivity contribution in [2.45, 2.75) is 31.7 Å². The number of hydrogen-bond acceptors (Lipinski definition) is 3. The number of carbonyl (C=O) groups is 1. The Morgan fingerprint density at radius 1 is 1.36 bits per heavy atom. The van der Waals surface area contributed by atoms with Gasteiger partial charge in [0.05, 0.1) is 12.2 Å². The summed E-state index contributed by atoms with van der Waals surface area (Å²) in [6.07, 6.45) is 6.43. The fourth-order valence-electron chi connectivity index (χ4n) is 2.74. The Kier molecular flexibility index (Phi) is 4.77. The van der Waals surface area contributed by atoms with Gasteiger partial charge < -0.3 is 10.1 Å². The second-order valence-electron chi connectivity index (χ2n) is 5.39. The van der Waals surface area contributed by atoms with Crippen molar-refractivity contribution in [2.24, 2.45) is 0 Å². The fraction of sp³-hybridized carbons (Fsp3) is 0.375. The van der Waals surface area contributed by atoms with Crippen LogP contribution in [0.3, 0.4) is 0 Å². The third-order valence-corrected chi connectivity index (χ3v) is 4.27. The van der Waals surface area contributed by atoms with Crippen molar-refractivity contribution in [1.29, 1.82) is 0 Å². The minimum atomic E-state index is -0.181. The molecule has 1 aliphatic carbocycles. The summed E-state index contributed by atoms with van der Waals surface area (Å²) in [6.45, 7) is -0.0215. The van der Waals surface area contributed by atoms with Gasteiger partial charge in [-0.05, 0) is 31.0 Å². The zero-order valence-corrected chi connectivity index (χ0v) is 13.8. The predicted molar refractivity (Wildman–Crippen MR) is 88.0 cm³/mol. The quantitative estimate of drug-likeness (QED) is 0.879. The third kappa shape index (κ3) is 3.68. The first-order valence-corrected chi connectivity index (χ1v) is 8.23. The number of aromatic nitrogens is 2. The third-order valence-electron chi connectivity index (χ3n) is 3.77. The number of anilines is 1. The zero-order chi connectivity index (χ0) is 15.4. The zero-order valence-electron chi connectivity index (χ0n) is 12.2. The van der Waals surface area contributed by atoms with Crippen LogP contribution in [0.5, 0.6) is 5.75 Å². The van der Waals surface area contributed by atoms with Gasteiger partial charge in [-0.3, -0.25) is 4.79 Å². The summed E-state index contributed by atoms with van der Waals surface area (Å²) in [5.41, 5.74) is 0. The number of amides is 1. The molecule has 1 N–H and O–H groups in total. The fourth-order valence-corrected chi connectivity index (χ4v) is 3.12. The van der Waals surface area contributed by atoms with Crippen LogP contribution in [0.2, 0.25) is 0 Å². The molecule has 0 aliphatic heterocycles. The van der Waals surface area contributed by atoms with Gasteiger partial charge in [0, 0.05) is 10.5 Å². The number of nitrogens with zero attached hydrogens (tertiary/aromatic N) is 2. The van der Waals surface area contributed by atoms with Crippen molar-refractivity contribution >= 4 is 27.7 Å². The summed E-state index contributed by atoms with van der Waals surface area (Å²) < 4.78 is 8.33. The summed E-state index contributed by atoms with van der Waals surface area (Å²) >= 11 is 3.37. The van der Waals surface area contributed by atoms with E-state index in [1.54, 1.807) is 6.20 Å². The molecule has 5 nitrogen and oxygen atoms in total. The van der Waals surface area contributed by atoms with Crippen LogP contribution in [-0.4, -0.2) is 22.3 Å². The Labute approximate surface area is 137 Å². The highest BCUT2D eigenvalue weighted by Gasteiger charge is 2.20. The molecule has 1 aromatic carbocycles. The van der Waals surface area contributed by atoms with E-state index in [-0.39, 0.29) is 12.5 Å². The van der Waals surface area contributed by atoms with E-state index in [4.69, 9.17) is 4.74 Å². The van der Waals surface area contributed by atoms with Gasteiger partial charge in [-0.25, -0.2) is 4.68 Å². The van der Waals surface area contributed by atoms with Crippen molar-refractivity contribution in [3.8, 4) is 5.75 Å². The van der Waals surface area contributed by atoms with Crippen LogP contribution in [0.1, 0.15) is 31.7 Å². The predicted octanol–water partition coefficient (Wildman–Crippen LogP) is 3.78. The minimum Gasteiger partial charge on any atom is -0.484 e. The maximum atomic E-state index is 12.0. The molecule has 0 atom stereocenters. The molecule has 1 saturated carbocycles. The van der Waals surface area contributed by atoms with E-state index < -0.39 is 0 Å². The summed E-state index contributed by atoms with van der Waals surface area (Å²) in [5.74, 6) is 1.23. The first-order valence-electron chi connectivity index (χ1n) is 7.44. The Morgan fingerprint density at radius 2 is 2.18 bits per heavy atom. The molecule has 1 amide bonds. The van der Waals surface area contributed by atoms with E-state index in [1.807, 2.05) is 35.0 Å². The molecular weight excluding hydrogens is 346 g/mol. The van der Waals surface area contributed by atoms with Crippen LogP contribution in [-0.2, 0) is 4.79 Å². The lowest BCUT2D eigenvalue weighted by Crippen LogP contribution is -2.23. The number of carbonyl (C=O) groups excluding carboxylic acids is 1. The number of hydrogen-bond donors (Lipinski definition) is 1. The molecule has 22 heavy (non-hydrogen) atoms. The lowest BCUT2D eigenvalue weighted by Gasteiger charge is -2.14. The van der Waals surface area contributed by atoms with Crippen molar-refractivity contribution in [3.05, 3.63) is 41.0 Å². The van der Waals surface area contributed by atoms with Crippen molar-refractivity contribution < 1.29 is 9.53 Å². The van der Waals surface area contributed by atoms with Gasteiger partial charge in [0.25, 0.3) is 5.91 Å². The standard InChI is InChI=1S/C16H18BrN3O2/c17-12-4-3-7-14(10-12)22-11-16(21)19-15-8-9-18-20(15)13-5-1-2-6-13/h3-4,7-10,13H,1-2,5-6,11H2,(H,19,21). The van der Waals surface area contributed by atoms with Gasteiger partial charge in [0.2, 0.25) is 0 Å². The molecule has 0 bridgehead atoms. The van der Waals surface area contributed by atoms with E-state index in [0.717, 1.165) is 23.1 Å². The second-order valence-corrected chi connectivity index (χ2v) is 6.31. The van der Waals surface area contributed by atoms with E-state index in [0.29, 0.717) is 11.8 Å². The van der Waals surface area contributed by atoms with Gasteiger partial charge in [-0.2, -0.15) is 5.10 Å². The highest BCUT2D eigenvalue weighted by Crippen LogP contribution is 2.31. The average molecular weight is 364 g/mol. The van der Waals surface area contributed by atoms with Crippen LogP contribution in [0.15, 0.2) is 41.0 Å². The van der Waals surface area contributed by atoms with E-state index in [1.165, 1.54) is 12.8 Å². The lowest BCUT2D eigenvalue weighted by molar-refractivity contribution is -0.118. The molecule has 1 aliphatic rings. The number of benzene rings is 1. The smallest absolute Gasteiger partial charge is 0.263 e. The topological polar surface area (TPSA) is 56.1 Å². The van der Waals surface area contributed by atoms with Crippen LogP contribution in [0, 0.1) is 0 Å². The van der Waals surface area contributed by atoms with Crippen molar-refractivity contribution in [1.82, 2.24) is 9.78 Å². The summed E-state index contributed by atoms with van der Waals surface area (Å²) in [7, 11) is 0. The molecule has 116 valence electrons. The van der Waals surface area contributed by atoms with E-state index >= 15 is 0 Å². The maximum Gasteiger partial charge on any atom is 0.263 e.